The maximum Gasteiger partial charge on any atom is 0.407 e. The largest absolute Gasteiger partial charge is 0.501 e. The summed E-state index contributed by atoms with van der Waals surface area (Å²) in [6.45, 7) is 0.241. The van der Waals surface area contributed by atoms with Gasteiger partial charge in [0, 0.05) is 17.5 Å². The second kappa shape index (κ2) is 12.5. The van der Waals surface area contributed by atoms with Crippen LogP contribution in [0.4, 0.5) is 4.79 Å². The Hall–Kier alpha value is -4.72. The highest BCUT2D eigenvalue weighted by Gasteiger charge is 2.40. The fourth-order valence-electron chi connectivity index (χ4n) is 7.01. The molecule has 6 rings (SSSR count). The van der Waals surface area contributed by atoms with Crippen molar-refractivity contribution >= 4 is 17.4 Å². The molecule has 0 spiro atoms. The molecule has 0 heterocycles. The first kappa shape index (κ1) is 29.4. The number of methoxy groups -OCH3 is 4. The van der Waals surface area contributed by atoms with Gasteiger partial charge in [-0.05, 0) is 64.8 Å². The molecule has 8 heteroatoms. The molecule has 8 nitrogen and oxygen atoms in total. The number of hydrogen-bond acceptors (Lipinski definition) is 7. The van der Waals surface area contributed by atoms with Crippen LogP contribution in [0.15, 0.2) is 72.5 Å². The Kier molecular flexibility index (Phi) is 8.33. The van der Waals surface area contributed by atoms with Crippen molar-refractivity contribution in [3.05, 3.63) is 94.8 Å². The predicted molar refractivity (Wildman–Crippen MR) is 167 cm³/mol. The van der Waals surface area contributed by atoms with E-state index in [1.807, 2.05) is 30.4 Å². The van der Waals surface area contributed by atoms with Crippen molar-refractivity contribution in [2.45, 2.75) is 37.6 Å². The van der Waals surface area contributed by atoms with Crippen LogP contribution >= 0.6 is 0 Å². The number of carbonyl (C=O) groups is 2. The summed E-state index contributed by atoms with van der Waals surface area (Å²) in [7, 11) is 6.25. The van der Waals surface area contributed by atoms with E-state index >= 15 is 0 Å². The summed E-state index contributed by atoms with van der Waals surface area (Å²) in [4.78, 5) is 27.1. The number of alkyl carbamates (subject to hydrolysis) is 1. The van der Waals surface area contributed by atoms with Crippen molar-refractivity contribution in [2.24, 2.45) is 5.92 Å². The van der Waals surface area contributed by atoms with Crippen molar-refractivity contribution in [1.29, 1.82) is 0 Å². The summed E-state index contributed by atoms with van der Waals surface area (Å²) in [5, 5.41) is 3.05. The SMILES string of the molecule is COC1=CC=C2c3c(cc(OC)c(OC)c3OC)CCC(NC(=O)OCCC3c4ccccc4-c4ccccc43)C2C(=O)C1. The van der Waals surface area contributed by atoms with Gasteiger partial charge < -0.3 is 29.0 Å². The molecule has 0 radical (unpaired) electrons. The molecule has 0 aromatic heterocycles. The second-order valence-corrected chi connectivity index (χ2v) is 11.2. The molecule has 228 valence electrons. The zero-order chi connectivity index (χ0) is 30.8. The molecule has 1 amide bonds. The van der Waals surface area contributed by atoms with Crippen LogP contribution in [-0.2, 0) is 20.7 Å². The van der Waals surface area contributed by atoms with E-state index in [4.69, 9.17) is 23.7 Å². The predicted octanol–water partition coefficient (Wildman–Crippen LogP) is 6.46. The Morgan fingerprint density at radius 3 is 2.18 bits per heavy atom. The molecule has 0 saturated heterocycles. The number of Topliss-reactive ketones (excluding diaryl/α,β-unsaturated/α-hetero) is 1. The molecular formula is C36H37NO7. The van der Waals surface area contributed by atoms with Gasteiger partial charge in [-0.25, -0.2) is 4.79 Å². The van der Waals surface area contributed by atoms with Crippen molar-refractivity contribution in [3.63, 3.8) is 0 Å². The quantitative estimate of drug-likeness (QED) is 0.320. The number of nitrogens with one attached hydrogen (secondary N) is 1. The van der Waals surface area contributed by atoms with Crippen LogP contribution in [0.5, 0.6) is 17.2 Å². The van der Waals surface area contributed by atoms with Crippen molar-refractivity contribution in [2.75, 3.05) is 35.0 Å². The van der Waals surface area contributed by atoms with Gasteiger partial charge in [0.15, 0.2) is 11.5 Å². The standard InChI is InChI=1S/C36H37NO7/c1-40-22-14-15-28-32-21(19-31(41-2)34(42-3)35(32)43-4)13-16-29(33(28)30(38)20-22)37-36(39)44-18-17-27-25-11-7-5-9-23(25)24-10-6-8-12-26(24)27/h5-12,14-15,19,27,29,33H,13,16-18,20H2,1-4H3,(H,37,39). The first-order valence-corrected chi connectivity index (χ1v) is 14.9. The number of fused-ring (bicyclic) bond motifs is 6. The number of rotatable bonds is 8. The van der Waals surface area contributed by atoms with Crippen LogP contribution in [0, 0.1) is 5.92 Å². The molecule has 2 unspecified atom stereocenters. The molecule has 2 atom stereocenters. The Morgan fingerprint density at radius 1 is 0.864 bits per heavy atom. The van der Waals surface area contributed by atoms with Gasteiger partial charge in [0.1, 0.15) is 11.5 Å². The number of carbonyl (C=O) groups excluding carboxylic acids is 2. The Labute approximate surface area is 257 Å². The molecule has 3 aliphatic rings. The summed E-state index contributed by atoms with van der Waals surface area (Å²) in [6.07, 6.45) is 5.02. The normalized spacial score (nSPS) is 18.7. The first-order chi connectivity index (χ1) is 21.5. The van der Waals surface area contributed by atoms with Gasteiger partial charge in [-0.15, -0.1) is 0 Å². The highest BCUT2D eigenvalue weighted by molar-refractivity contribution is 5.99. The molecule has 0 fully saturated rings. The number of benzene rings is 3. The van der Waals surface area contributed by atoms with E-state index in [1.54, 1.807) is 28.4 Å². The average Bonchev–Trinajstić information content (AvgIpc) is 3.15. The Bertz CT molecular complexity index is 1610. The van der Waals surface area contributed by atoms with Crippen molar-refractivity contribution < 1.29 is 33.3 Å². The molecule has 3 aliphatic carbocycles. The molecule has 3 aromatic rings. The van der Waals surface area contributed by atoms with Gasteiger partial charge in [0.05, 0.1) is 47.4 Å². The third-order valence-electron chi connectivity index (χ3n) is 8.97. The lowest BCUT2D eigenvalue weighted by atomic mass is 9.83. The highest BCUT2D eigenvalue weighted by atomic mass is 16.5. The summed E-state index contributed by atoms with van der Waals surface area (Å²) < 4.78 is 28.4. The number of aryl methyl sites for hydroxylation is 1. The Balaban J connectivity index is 1.24. The number of ketones is 1. The van der Waals surface area contributed by atoms with Crippen molar-refractivity contribution in [3.8, 4) is 28.4 Å². The van der Waals surface area contributed by atoms with Crippen LogP contribution in [-0.4, -0.2) is 53.0 Å². The average molecular weight is 596 g/mol. The number of amides is 1. The van der Waals surface area contributed by atoms with E-state index in [1.165, 1.54) is 22.3 Å². The van der Waals surface area contributed by atoms with Crippen LogP contribution in [0.1, 0.15) is 47.4 Å². The van der Waals surface area contributed by atoms with Crippen LogP contribution in [0.25, 0.3) is 16.7 Å². The minimum absolute atomic E-state index is 0.0593. The van der Waals surface area contributed by atoms with E-state index in [2.05, 4.69) is 41.7 Å². The zero-order valence-electron chi connectivity index (χ0n) is 25.5. The zero-order valence-corrected chi connectivity index (χ0v) is 25.5. The van der Waals surface area contributed by atoms with Crippen LogP contribution < -0.4 is 19.5 Å². The summed E-state index contributed by atoms with van der Waals surface area (Å²) >= 11 is 0. The number of allylic oxidation sites excluding steroid dienone is 3. The molecule has 1 N–H and O–H groups in total. The number of ether oxygens (including phenoxy) is 5. The highest BCUT2D eigenvalue weighted by Crippen LogP contribution is 2.50. The van der Waals surface area contributed by atoms with Gasteiger partial charge >= 0.3 is 6.09 Å². The number of hydrogen-bond donors (Lipinski definition) is 1. The van der Waals surface area contributed by atoms with Gasteiger partial charge in [-0.3, -0.25) is 4.79 Å². The third kappa shape index (κ3) is 5.19. The van der Waals surface area contributed by atoms with E-state index in [9.17, 15) is 9.59 Å². The monoisotopic (exact) mass is 595 g/mol. The van der Waals surface area contributed by atoms with E-state index in [-0.39, 0.29) is 24.7 Å². The Morgan fingerprint density at radius 2 is 1.55 bits per heavy atom. The summed E-state index contributed by atoms with van der Waals surface area (Å²) in [5.74, 6) is 1.47. The second-order valence-electron chi connectivity index (χ2n) is 11.2. The van der Waals surface area contributed by atoms with Gasteiger partial charge in [0.2, 0.25) is 5.75 Å². The first-order valence-electron chi connectivity index (χ1n) is 14.9. The minimum Gasteiger partial charge on any atom is -0.501 e. The molecule has 0 bridgehead atoms. The summed E-state index contributed by atoms with van der Waals surface area (Å²) in [6, 6.07) is 18.2. The molecule has 0 aliphatic heterocycles. The van der Waals surface area contributed by atoms with Crippen LogP contribution in [0.3, 0.4) is 0 Å². The third-order valence-corrected chi connectivity index (χ3v) is 8.97. The fraction of sp³-hybridized carbons (Fsp3) is 0.333. The molecule has 3 aromatic carbocycles. The maximum atomic E-state index is 13.8. The van der Waals surface area contributed by atoms with Gasteiger partial charge in [-0.2, -0.15) is 0 Å². The molecule has 44 heavy (non-hydrogen) atoms. The topological polar surface area (TPSA) is 92.3 Å². The van der Waals surface area contributed by atoms with E-state index in [0.29, 0.717) is 42.3 Å². The lowest BCUT2D eigenvalue weighted by Gasteiger charge is -2.27. The lowest BCUT2D eigenvalue weighted by Crippen LogP contribution is -2.43. The van der Waals surface area contributed by atoms with Gasteiger partial charge in [-0.1, -0.05) is 54.6 Å². The fourth-order valence-corrected chi connectivity index (χ4v) is 7.01. The van der Waals surface area contributed by atoms with Gasteiger partial charge in [0.25, 0.3) is 0 Å². The van der Waals surface area contributed by atoms with Crippen LogP contribution in [0.2, 0.25) is 0 Å². The van der Waals surface area contributed by atoms with E-state index in [0.717, 1.165) is 16.7 Å². The van der Waals surface area contributed by atoms with E-state index < -0.39 is 18.1 Å². The molecule has 0 saturated carbocycles. The minimum atomic E-state index is -0.645. The molecular weight excluding hydrogens is 558 g/mol. The lowest BCUT2D eigenvalue weighted by molar-refractivity contribution is -0.121. The summed E-state index contributed by atoms with van der Waals surface area (Å²) in [5.41, 5.74) is 7.40. The van der Waals surface area contributed by atoms with Crippen molar-refractivity contribution in [1.82, 2.24) is 5.32 Å². The smallest absolute Gasteiger partial charge is 0.407 e. The maximum absolute atomic E-state index is 13.8.